The normalized spacial score (nSPS) is 27.8. The number of pyridine rings is 1. The van der Waals surface area contributed by atoms with Gasteiger partial charge in [-0.15, -0.1) is 0 Å². The van der Waals surface area contributed by atoms with Crippen molar-refractivity contribution in [1.82, 2.24) is 15.6 Å². The maximum absolute atomic E-state index is 13.3. The molecule has 1 aliphatic heterocycles. The fourth-order valence-electron chi connectivity index (χ4n) is 2.39. The second-order valence-electron chi connectivity index (χ2n) is 4.85. The van der Waals surface area contributed by atoms with Crippen LogP contribution in [0.3, 0.4) is 0 Å². The summed E-state index contributed by atoms with van der Waals surface area (Å²) in [4.78, 5) is 27.4. The third-order valence-electron chi connectivity index (χ3n) is 3.41. The van der Waals surface area contributed by atoms with Crippen molar-refractivity contribution in [3.8, 4) is 0 Å². The Morgan fingerprint density at radius 3 is 2.57 bits per heavy atom. The highest BCUT2D eigenvalue weighted by Crippen LogP contribution is 2.42. The van der Waals surface area contributed by atoms with Gasteiger partial charge in [-0.2, -0.15) is 13.2 Å². The molecular formula is C13H14F3N3O4. The molecule has 2 rings (SSSR count). The van der Waals surface area contributed by atoms with Crippen LogP contribution in [-0.4, -0.2) is 40.6 Å². The minimum absolute atomic E-state index is 0.176. The molecule has 3 atom stereocenters. The highest BCUT2D eigenvalue weighted by molar-refractivity contribution is 5.83. The number of aliphatic hydroxyl groups is 1. The molecule has 2 heterocycles. The van der Waals surface area contributed by atoms with E-state index in [1.165, 1.54) is 36.8 Å². The zero-order valence-electron chi connectivity index (χ0n) is 11.9. The fourth-order valence-corrected chi connectivity index (χ4v) is 2.39. The zero-order valence-corrected chi connectivity index (χ0v) is 11.9. The Kier molecular flexibility index (Phi) is 4.46. The first kappa shape index (κ1) is 17.0. The number of aromatic nitrogens is 1. The molecule has 3 N–H and O–H groups in total. The number of urea groups is 1. The lowest BCUT2D eigenvalue weighted by Gasteiger charge is -2.44. The summed E-state index contributed by atoms with van der Waals surface area (Å²) in [5, 5.41) is 13.6. The summed E-state index contributed by atoms with van der Waals surface area (Å²) in [7, 11) is 0. The van der Waals surface area contributed by atoms with Gasteiger partial charge in [0.15, 0.2) is 0 Å². The number of ether oxygens (including phenoxy) is 1. The van der Waals surface area contributed by atoms with Crippen LogP contribution < -0.4 is 10.6 Å². The lowest BCUT2D eigenvalue weighted by atomic mass is 9.82. The molecule has 0 aliphatic carbocycles. The molecule has 1 aromatic rings. The van der Waals surface area contributed by atoms with E-state index in [0.29, 0.717) is 0 Å². The van der Waals surface area contributed by atoms with E-state index < -0.39 is 35.9 Å². The maximum atomic E-state index is 13.3. The van der Waals surface area contributed by atoms with Crippen molar-refractivity contribution in [2.24, 2.45) is 5.92 Å². The summed E-state index contributed by atoms with van der Waals surface area (Å²) in [6.45, 7) is 1.24. The van der Waals surface area contributed by atoms with Crippen molar-refractivity contribution >= 4 is 12.0 Å². The summed E-state index contributed by atoms with van der Waals surface area (Å²) in [6.07, 6.45) is -2.70. The summed E-state index contributed by atoms with van der Waals surface area (Å²) >= 11 is 0. The van der Waals surface area contributed by atoms with Gasteiger partial charge in [0, 0.05) is 12.4 Å². The van der Waals surface area contributed by atoms with E-state index >= 15 is 0 Å². The van der Waals surface area contributed by atoms with Gasteiger partial charge >= 0.3 is 18.2 Å². The predicted molar refractivity (Wildman–Crippen MR) is 69.8 cm³/mol. The maximum Gasteiger partial charge on any atom is 0.437 e. The van der Waals surface area contributed by atoms with E-state index in [2.05, 4.69) is 15.0 Å². The number of nitrogens with one attached hydrogen (secondary N) is 2. The van der Waals surface area contributed by atoms with Crippen LogP contribution in [0.25, 0.3) is 0 Å². The number of carbonyl (C=O) groups excluding carboxylic acids is 2. The van der Waals surface area contributed by atoms with Crippen molar-refractivity contribution in [2.45, 2.75) is 24.9 Å². The van der Waals surface area contributed by atoms with Crippen molar-refractivity contribution in [3.63, 3.8) is 0 Å². The van der Waals surface area contributed by atoms with Crippen LogP contribution in [0.5, 0.6) is 0 Å². The monoisotopic (exact) mass is 333 g/mol. The highest BCUT2D eigenvalue weighted by Gasteiger charge is 2.67. The van der Waals surface area contributed by atoms with E-state index in [9.17, 15) is 27.9 Å². The van der Waals surface area contributed by atoms with Crippen molar-refractivity contribution in [3.05, 3.63) is 30.1 Å². The van der Waals surface area contributed by atoms with Gasteiger partial charge in [-0.3, -0.25) is 9.78 Å². The van der Waals surface area contributed by atoms with Gasteiger partial charge < -0.3 is 20.5 Å². The van der Waals surface area contributed by atoms with E-state index in [4.69, 9.17) is 0 Å². The molecule has 126 valence electrons. The van der Waals surface area contributed by atoms with Gasteiger partial charge in [-0.25, -0.2) is 4.79 Å². The summed E-state index contributed by atoms with van der Waals surface area (Å²) in [5.74, 6) is -3.41. The van der Waals surface area contributed by atoms with Crippen LogP contribution in [0.1, 0.15) is 18.5 Å². The molecule has 0 radical (unpaired) electrons. The fraction of sp³-hybridized carbons (Fsp3) is 0.462. The zero-order chi connectivity index (χ0) is 17.3. The van der Waals surface area contributed by atoms with Crippen molar-refractivity contribution in [2.75, 3.05) is 6.61 Å². The number of hydrogen-bond donors (Lipinski definition) is 3. The van der Waals surface area contributed by atoms with Crippen LogP contribution in [0.15, 0.2) is 24.5 Å². The summed E-state index contributed by atoms with van der Waals surface area (Å²) < 4.78 is 44.6. The number of alkyl halides is 3. The number of nitrogens with zero attached hydrogens (tertiary/aromatic N) is 1. The number of halogens is 3. The minimum Gasteiger partial charge on any atom is -0.466 e. The average molecular weight is 333 g/mol. The molecule has 0 saturated carbocycles. The first-order chi connectivity index (χ1) is 10.7. The number of rotatable bonds is 3. The smallest absolute Gasteiger partial charge is 0.437 e. The molecular weight excluding hydrogens is 319 g/mol. The molecule has 1 aliphatic rings. The Bertz CT molecular complexity index is 596. The Hall–Kier alpha value is -2.36. The first-order valence-corrected chi connectivity index (χ1v) is 6.65. The third kappa shape index (κ3) is 3.07. The van der Waals surface area contributed by atoms with Gasteiger partial charge in [0.25, 0.3) is 5.72 Å². The van der Waals surface area contributed by atoms with Crippen LogP contribution in [0.4, 0.5) is 18.0 Å². The van der Waals surface area contributed by atoms with E-state index in [-0.39, 0.29) is 12.2 Å². The molecule has 1 fully saturated rings. The topological polar surface area (TPSA) is 101 Å². The quantitative estimate of drug-likeness (QED) is 0.713. The van der Waals surface area contributed by atoms with Crippen molar-refractivity contribution < 1.29 is 32.6 Å². The van der Waals surface area contributed by atoms with Gasteiger partial charge in [0.1, 0.15) is 5.92 Å². The van der Waals surface area contributed by atoms with E-state index in [1.54, 1.807) is 0 Å². The molecule has 23 heavy (non-hydrogen) atoms. The van der Waals surface area contributed by atoms with Gasteiger partial charge in [0.05, 0.1) is 12.6 Å². The average Bonchev–Trinajstić information content (AvgIpc) is 2.46. The second-order valence-corrected chi connectivity index (χ2v) is 4.85. The van der Waals surface area contributed by atoms with Crippen molar-refractivity contribution in [1.29, 1.82) is 0 Å². The minimum atomic E-state index is -5.28. The SMILES string of the molecule is CCOC(=O)[C@H]1[C@H](c2ccncc2)NC(=O)N[C@]1(O)C(F)(F)F. The molecule has 10 heteroatoms. The third-order valence-corrected chi connectivity index (χ3v) is 3.41. The molecule has 7 nitrogen and oxygen atoms in total. The molecule has 1 aromatic heterocycles. The lowest BCUT2D eigenvalue weighted by molar-refractivity contribution is -0.294. The standard InChI is InChI=1S/C13H14F3N3O4/c1-2-23-10(20)8-9(7-3-5-17-6-4-7)18-11(21)19-12(8,22)13(14,15)16/h3-6,8-9,22H,2H2,1H3,(H2,18,19,21)/t8-,9+,12-/m1/s1. The Morgan fingerprint density at radius 1 is 1.43 bits per heavy atom. The number of hydrogen-bond acceptors (Lipinski definition) is 5. The molecule has 0 unspecified atom stereocenters. The van der Waals surface area contributed by atoms with Crippen LogP contribution >= 0.6 is 0 Å². The Labute approximate surface area is 128 Å². The molecule has 0 aromatic carbocycles. The number of carbonyl (C=O) groups is 2. The Balaban J connectivity index is 2.54. The van der Waals surface area contributed by atoms with Crippen LogP contribution in [0, 0.1) is 5.92 Å². The lowest BCUT2D eigenvalue weighted by Crippen LogP contribution is -2.73. The first-order valence-electron chi connectivity index (χ1n) is 6.65. The highest BCUT2D eigenvalue weighted by atomic mass is 19.4. The molecule has 0 bridgehead atoms. The Morgan fingerprint density at radius 2 is 2.04 bits per heavy atom. The van der Waals surface area contributed by atoms with E-state index in [0.717, 1.165) is 0 Å². The molecule has 0 spiro atoms. The number of amides is 2. The molecule has 1 saturated heterocycles. The van der Waals surface area contributed by atoms with Gasteiger partial charge in [0.2, 0.25) is 0 Å². The van der Waals surface area contributed by atoms with Gasteiger partial charge in [-0.05, 0) is 24.6 Å². The second kappa shape index (κ2) is 6.03. The number of esters is 1. The van der Waals surface area contributed by atoms with Gasteiger partial charge in [-0.1, -0.05) is 0 Å². The van der Waals surface area contributed by atoms with Crippen LogP contribution in [-0.2, 0) is 9.53 Å². The summed E-state index contributed by atoms with van der Waals surface area (Å²) in [5.41, 5.74) is -3.58. The predicted octanol–water partition coefficient (Wildman–Crippen LogP) is 0.866. The largest absolute Gasteiger partial charge is 0.466 e. The van der Waals surface area contributed by atoms with Crippen LogP contribution in [0.2, 0.25) is 0 Å². The summed E-state index contributed by atoms with van der Waals surface area (Å²) in [6, 6.07) is -0.0249. The van der Waals surface area contributed by atoms with E-state index in [1.807, 2.05) is 0 Å². The molecule has 2 amide bonds.